The highest BCUT2D eigenvalue weighted by molar-refractivity contribution is 7.91. The summed E-state index contributed by atoms with van der Waals surface area (Å²) in [5, 5.41) is -0.00668. The molecule has 0 saturated carbocycles. The van der Waals surface area contributed by atoms with Crippen molar-refractivity contribution in [3.63, 3.8) is 0 Å². The van der Waals surface area contributed by atoms with Crippen LogP contribution in [0.2, 0.25) is 5.28 Å². The zero-order valence-corrected chi connectivity index (χ0v) is 16.5. The van der Waals surface area contributed by atoms with Crippen LogP contribution in [0.5, 0.6) is 5.75 Å². The van der Waals surface area contributed by atoms with Crippen LogP contribution in [0.1, 0.15) is 33.6 Å². The highest BCUT2D eigenvalue weighted by Gasteiger charge is 2.42. The fraction of sp³-hybridized carbons (Fsp3) is 0.688. The molecule has 3 heterocycles. The Morgan fingerprint density at radius 2 is 2.00 bits per heavy atom. The Morgan fingerprint density at radius 3 is 2.62 bits per heavy atom. The largest absolute Gasteiger partial charge is 0.486 e. The first-order valence-corrected chi connectivity index (χ1v) is 10.6. The molecule has 3 rings (SSSR count). The van der Waals surface area contributed by atoms with Crippen molar-refractivity contribution in [2.24, 2.45) is 5.92 Å². The molecule has 0 spiro atoms. The Balaban J connectivity index is 1.94. The SMILES string of the molecule is CC(C)(C)OC(=O)N1c2nc(Cl)ncc2OCC1C1CCS(=O)(=O)CC1. The summed E-state index contributed by atoms with van der Waals surface area (Å²) in [6.45, 7) is 5.56. The Hall–Kier alpha value is -1.61. The first-order valence-electron chi connectivity index (χ1n) is 8.44. The van der Waals surface area contributed by atoms with Gasteiger partial charge in [0.25, 0.3) is 0 Å². The van der Waals surface area contributed by atoms with Crippen molar-refractivity contribution in [2.45, 2.75) is 45.3 Å². The Kier molecular flexibility index (Phi) is 5.04. The number of amides is 1. The van der Waals surface area contributed by atoms with Gasteiger partial charge in [0.1, 0.15) is 22.0 Å². The maximum absolute atomic E-state index is 12.9. The number of sulfone groups is 1. The van der Waals surface area contributed by atoms with Gasteiger partial charge in [0.05, 0.1) is 23.7 Å². The summed E-state index contributed by atoms with van der Waals surface area (Å²) in [6.07, 6.45) is 1.78. The van der Waals surface area contributed by atoms with Crippen LogP contribution in [-0.4, -0.2) is 54.2 Å². The fourth-order valence-corrected chi connectivity index (χ4v) is 4.85. The minimum Gasteiger partial charge on any atom is -0.486 e. The molecule has 10 heteroatoms. The summed E-state index contributed by atoms with van der Waals surface area (Å²) >= 11 is 5.91. The van der Waals surface area contributed by atoms with Gasteiger partial charge in [-0.2, -0.15) is 4.98 Å². The molecule has 1 amide bonds. The monoisotopic (exact) mass is 403 g/mol. The quantitative estimate of drug-likeness (QED) is 0.664. The molecule has 0 radical (unpaired) electrons. The summed E-state index contributed by atoms with van der Waals surface area (Å²) in [5.74, 6) is 0.776. The molecule has 1 saturated heterocycles. The van der Waals surface area contributed by atoms with Crippen LogP contribution in [0, 0.1) is 5.92 Å². The summed E-state index contributed by atoms with van der Waals surface area (Å²) in [7, 11) is -3.01. The molecule has 26 heavy (non-hydrogen) atoms. The third-order valence-corrected chi connectivity index (χ3v) is 6.31. The number of nitrogens with zero attached hydrogens (tertiary/aromatic N) is 3. The van der Waals surface area contributed by atoms with Crippen molar-refractivity contribution in [3.8, 4) is 5.75 Å². The second-order valence-corrected chi connectivity index (χ2v) is 10.2. The van der Waals surface area contributed by atoms with E-state index in [9.17, 15) is 13.2 Å². The van der Waals surface area contributed by atoms with Crippen LogP contribution in [0.4, 0.5) is 10.6 Å². The molecule has 8 nitrogen and oxygen atoms in total. The summed E-state index contributed by atoms with van der Waals surface area (Å²) in [4.78, 5) is 22.4. The second-order valence-electron chi connectivity index (χ2n) is 7.54. The maximum Gasteiger partial charge on any atom is 0.416 e. The van der Waals surface area contributed by atoms with Crippen molar-refractivity contribution in [3.05, 3.63) is 11.5 Å². The van der Waals surface area contributed by atoms with Crippen LogP contribution in [0.3, 0.4) is 0 Å². The number of halogens is 1. The second kappa shape index (κ2) is 6.84. The maximum atomic E-state index is 12.9. The highest BCUT2D eigenvalue weighted by atomic mass is 35.5. The smallest absolute Gasteiger partial charge is 0.416 e. The average molecular weight is 404 g/mol. The normalized spacial score (nSPS) is 23.1. The summed E-state index contributed by atoms with van der Waals surface area (Å²) in [5.41, 5.74) is -0.688. The van der Waals surface area contributed by atoms with E-state index in [1.807, 2.05) is 0 Å². The van der Waals surface area contributed by atoms with E-state index < -0.39 is 21.5 Å². The Morgan fingerprint density at radius 1 is 1.35 bits per heavy atom. The highest BCUT2D eigenvalue weighted by Crippen LogP contribution is 2.38. The Labute approximate surface area is 157 Å². The predicted octanol–water partition coefficient (Wildman–Crippen LogP) is 2.46. The average Bonchev–Trinajstić information content (AvgIpc) is 2.52. The third kappa shape index (κ3) is 4.20. The molecule has 2 aliphatic heterocycles. The van der Waals surface area contributed by atoms with E-state index in [1.165, 1.54) is 11.1 Å². The number of hydrogen-bond acceptors (Lipinski definition) is 7. The minimum atomic E-state index is -3.01. The number of aromatic nitrogens is 2. The zero-order valence-electron chi connectivity index (χ0n) is 14.9. The molecule has 1 unspecified atom stereocenters. The number of anilines is 1. The molecule has 1 aromatic heterocycles. The van der Waals surface area contributed by atoms with Crippen molar-refractivity contribution in [1.29, 1.82) is 0 Å². The van der Waals surface area contributed by atoms with E-state index in [2.05, 4.69) is 9.97 Å². The van der Waals surface area contributed by atoms with Gasteiger partial charge in [-0.3, -0.25) is 4.90 Å². The van der Waals surface area contributed by atoms with Gasteiger partial charge in [-0.05, 0) is 51.1 Å². The molecule has 2 aliphatic rings. The van der Waals surface area contributed by atoms with Crippen molar-refractivity contribution < 1.29 is 22.7 Å². The van der Waals surface area contributed by atoms with Gasteiger partial charge in [0.2, 0.25) is 5.28 Å². The molecule has 0 bridgehead atoms. The third-order valence-electron chi connectivity index (χ3n) is 4.41. The lowest BCUT2D eigenvalue weighted by molar-refractivity contribution is 0.0517. The first kappa shape index (κ1) is 19.2. The molecule has 144 valence electrons. The van der Waals surface area contributed by atoms with E-state index in [1.54, 1.807) is 20.8 Å². The van der Waals surface area contributed by atoms with E-state index in [-0.39, 0.29) is 41.2 Å². The van der Waals surface area contributed by atoms with Crippen LogP contribution < -0.4 is 9.64 Å². The van der Waals surface area contributed by atoms with Crippen molar-refractivity contribution in [1.82, 2.24) is 9.97 Å². The van der Waals surface area contributed by atoms with Gasteiger partial charge in [0.15, 0.2) is 11.6 Å². The number of carbonyl (C=O) groups excluding carboxylic acids is 1. The van der Waals surface area contributed by atoms with Gasteiger partial charge in [-0.25, -0.2) is 18.2 Å². The first-order chi connectivity index (χ1) is 12.1. The number of hydrogen-bond donors (Lipinski definition) is 0. The van der Waals surface area contributed by atoms with E-state index in [0.29, 0.717) is 18.6 Å². The van der Waals surface area contributed by atoms with Crippen LogP contribution >= 0.6 is 11.6 Å². The predicted molar refractivity (Wildman–Crippen MR) is 96.4 cm³/mol. The van der Waals surface area contributed by atoms with Gasteiger partial charge < -0.3 is 9.47 Å². The fourth-order valence-electron chi connectivity index (χ4n) is 3.20. The molecule has 1 fully saturated rings. The number of ether oxygens (including phenoxy) is 2. The van der Waals surface area contributed by atoms with Crippen LogP contribution in [0.25, 0.3) is 0 Å². The van der Waals surface area contributed by atoms with Gasteiger partial charge in [-0.15, -0.1) is 0 Å². The van der Waals surface area contributed by atoms with Crippen LogP contribution in [0.15, 0.2) is 6.20 Å². The van der Waals surface area contributed by atoms with Crippen molar-refractivity contribution >= 4 is 33.3 Å². The van der Waals surface area contributed by atoms with Gasteiger partial charge >= 0.3 is 6.09 Å². The summed E-state index contributed by atoms with van der Waals surface area (Å²) in [6, 6.07) is -0.376. The topological polar surface area (TPSA) is 98.7 Å². The molecular formula is C16H22ClN3O5S. The Bertz CT molecular complexity index is 795. The van der Waals surface area contributed by atoms with E-state index in [0.717, 1.165) is 0 Å². The standard InChI is InChI=1S/C16H22ClN3O5S/c1-16(2,3)25-15(21)20-11(10-4-6-26(22,23)7-5-10)9-24-12-8-18-14(17)19-13(12)20/h8,10-11H,4-7,9H2,1-3H3. The van der Waals surface area contributed by atoms with Crippen molar-refractivity contribution in [2.75, 3.05) is 23.0 Å². The lowest BCUT2D eigenvalue weighted by Gasteiger charge is -2.41. The van der Waals surface area contributed by atoms with E-state index in [4.69, 9.17) is 21.1 Å². The number of fused-ring (bicyclic) bond motifs is 1. The molecular weight excluding hydrogens is 382 g/mol. The molecule has 1 aromatic rings. The van der Waals surface area contributed by atoms with Crippen LogP contribution in [-0.2, 0) is 14.6 Å². The summed E-state index contributed by atoms with van der Waals surface area (Å²) < 4.78 is 34.8. The minimum absolute atomic E-state index is 0.00668. The molecule has 0 N–H and O–H groups in total. The molecule has 0 aromatic carbocycles. The lowest BCUT2D eigenvalue weighted by Crippen LogP contribution is -2.53. The zero-order chi connectivity index (χ0) is 19.1. The van der Waals surface area contributed by atoms with Gasteiger partial charge in [0, 0.05) is 0 Å². The molecule has 0 aliphatic carbocycles. The molecule has 1 atom stereocenters. The number of carbonyl (C=O) groups is 1. The lowest BCUT2D eigenvalue weighted by atomic mass is 9.92. The van der Waals surface area contributed by atoms with Gasteiger partial charge in [-0.1, -0.05) is 0 Å². The number of rotatable bonds is 1. The van der Waals surface area contributed by atoms with E-state index >= 15 is 0 Å².